The summed E-state index contributed by atoms with van der Waals surface area (Å²) in [5, 5.41) is 6.19. The third kappa shape index (κ3) is 4.09. The highest BCUT2D eigenvalue weighted by molar-refractivity contribution is 5.90. The molecule has 0 aliphatic rings. The third-order valence-electron chi connectivity index (χ3n) is 2.54. The summed E-state index contributed by atoms with van der Waals surface area (Å²) in [5.41, 5.74) is 2.74. The summed E-state index contributed by atoms with van der Waals surface area (Å²) in [7, 11) is 0. The summed E-state index contributed by atoms with van der Waals surface area (Å²) in [6.07, 6.45) is 1.03. The van der Waals surface area contributed by atoms with Crippen molar-refractivity contribution in [2.45, 2.75) is 26.4 Å². The number of nitrogens with one attached hydrogen (secondary N) is 1. The van der Waals surface area contributed by atoms with Crippen molar-refractivity contribution < 1.29 is 9.53 Å². The van der Waals surface area contributed by atoms with Gasteiger partial charge in [-0.25, -0.2) is 10.2 Å². The molecule has 0 spiro atoms. The van der Waals surface area contributed by atoms with Gasteiger partial charge < -0.3 is 4.74 Å². The van der Waals surface area contributed by atoms with E-state index in [0.717, 1.165) is 10.9 Å². The van der Waals surface area contributed by atoms with Crippen LogP contribution in [0.2, 0.25) is 0 Å². The van der Waals surface area contributed by atoms with Crippen molar-refractivity contribution in [3.8, 4) is 0 Å². The maximum absolute atomic E-state index is 11.4. The molecular formula is C16H18N2O2. The fourth-order valence-electron chi connectivity index (χ4n) is 1.75. The molecule has 0 aliphatic heterocycles. The van der Waals surface area contributed by atoms with E-state index in [4.69, 9.17) is 4.74 Å². The Bertz CT molecular complexity index is 642. The fraction of sp³-hybridized carbons (Fsp3) is 0.250. The van der Waals surface area contributed by atoms with Crippen molar-refractivity contribution in [2.24, 2.45) is 5.10 Å². The van der Waals surface area contributed by atoms with Crippen molar-refractivity contribution in [1.29, 1.82) is 0 Å². The van der Waals surface area contributed by atoms with Crippen LogP contribution in [0.25, 0.3) is 10.8 Å². The molecule has 1 amide bonds. The Labute approximate surface area is 118 Å². The Hall–Kier alpha value is -2.36. The van der Waals surface area contributed by atoms with Crippen LogP contribution in [-0.4, -0.2) is 17.9 Å². The predicted molar refractivity (Wildman–Crippen MR) is 80.9 cm³/mol. The Morgan fingerprint density at radius 3 is 2.55 bits per heavy atom. The number of amides is 1. The number of nitrogens with zero attached hydrogens (tertiary/aromatic N) is 1. The van der Waals surface area contributed by atoms with Crippen molar-refractivity contribution in [3.63, 3.8) is 0 Å². The van der Waals surface area contributed by atoms with Crippen LogP contribution in [0.5, 0.6) is 0 Å². The van der Waals surface area contributed by atoms with Gasteiger partial charge in [0.1, 0.15) is 5.60 Å². The Kier molecular flexibility index (Phi) is 4.03. The molecule has 0 bridgehead atoms. The second-order valence-electron chi connectivity index (χ2n) is 5.48. The molecule has 0 aromatic heterocycles. The minimum absolute atomic E-state index is 0.525. The third-order valence-corrected chi connectivity index (χ3v) is 2.54. The Morgan fingerprint density at radius 1 is 1.15 bits per heavy atom. The van der Waals surface area contributed by atoms with Gasteiger partial charge in [0.2, 0.25) is 0 Å². The summed E-state index contributed by atoms with van der Waals surface area (Å²) >= 11 is 0. The lowest BCUT2D eigenvalue weighted by atomic mass is 10.1. The molecule has 2 aromatic rings. The predicted octanol–water partition coefficient (Wildman–Crippen LogP) is 3.70. The largest absolute Gasteiger partial charge is 0.443 e. The summed E-state index contributed by atoms with van der Waals surface area (Å²) < 4.78 is 5.08. The molecule has 1 N–H and O–H groups in total. The van der Waals surface area contributed by atoms with Crippen LogP contribution < -0.4 is 5.43 Å². The summed E-state index contributed by atoms with van der Waals surface area (Å²) in [6.45, 7) is 5.42. The van der Waals surface area contributed by atoms with Crippen molar-refractivity contribution in [2.75, 3.05) is 0 Å². The van der Waals surface area contributed by atoms with Gasteiger partial charge in [0.15, 0.2) is 0 Å². The molecule has 0 radical (unpaired) electrons. The molecule has 2 rings (SSSR count). The lowest BCUT2D eigenvalue weighted by Gasteiger charge is -2.18. The Balaban J connectivity index is 2.01. The van der Waals surface area contributed by atoms with Crippen LogP contribution in [0.15, 0.2) is 47.6 Å². The SMILES string of the molecule is CC(C)(C)OC(=O)NN=Cc1ccc2ccccc2c1. The van der Waals surface area contributed by atoms with E-state index >= 15 is 0 Å². The first kappa shape index (κ1) is 14.1. The van der Waals surface area contributed by atoms with Crippen molar-refractivity contribution in [1.82, 2.24) is 5.43 Å². The summed E-state index contributed by atoms with van der Waals surface area (Å²) in [5.74, 6) is 0. The highest BCUT2D eigenvalue weighted by Crippen LogP contribution is 2.14. The maximum Gasteiger partial charge on any atom is 0.428 e. The smallest absolute Gasteiger partial charge is 0.428 e. The number of carbonyl (C=O) groups excluding carboxylic acids is 1. The second-order valence-corrected chi connectivity index (χ2v) is 5.48. The van der Waals surface area contributed by atoms with Gasteiger partial charge in [0.05, 0.1) is 6.21 Å². The number of ether oxygens (including phenoxy) is 1. The lowest BCUT2D eigenvalue weighted by molar-refractivity contribution is 0.0529. The van der Waals surface area contributed by atoms with Crippen molar-refractivity contribution in [3.05, 3.63) is 48.0 Å². The molecule has 4 nitrogen and oxygen atoms in total. The molecule has 0 unspecified atom stereocenters. The molecule has 0 saturated carbocycles. The van der Waals surface area contributed by atoms with E-state index in [0.29, 0.717) is 0 Å². The highest BCUT2D eigenvalue weighted by Gasteiger charge is 2.15. The number of hydrazone groups is 1. The molecule has 0 saturated heterocycles. The van der Waals surface area contributed by atoms with Gasteiger partial charge in [-0.1, -0.05) is 36.4 Å². The molecule has 104 valence electrons. The van der Waals surface area contributed by atoms with Crippen LogP contribution in [-0.2, 0) is 4.74 Å². The number of hydrogen-bond acceptors (Lipinski definition) is 3. The normalized spacial score (nSPS) is 11.8. The zero-order valence-corrected chi connectivity index (χ0v) is 11.9. The van der Waals surface area contributed by atoms with Gasteiger partial charge in [0, 0.05) is 0 Å². The summed E-state index contributed by atoms with van der Waals surface area (Å²) in [6, 6.07) is 14.0. The average Bonchev–Trinajstić information content (AvgIpc) is 2.36. The van der Waals surface area contributed by atoms with Gasteiger partial charge in [-0.05, 0) is 43.2 Å². The minimum Gasteiger partial charge on any atom is -0.443 e. The number of rotatable bonds is 2. The van der Waals surface area contributed by atoms with Gasteiger partial charge in [-0.2, -0.15) is 5.10 Å². The monoisotopic (exact) mass is 270 g/mol. The first-order valence-corrected chi connectivity index (χ1v) is 6.45. The van der Waals surface area contributed by atoms with E-state index in [9.17, 15) is 4.79 Å². The number of benzene rings is 2. The van der Waals surface area contributed by atoms with Gasteiger partial charge in [-0.3, -0.25) is 0 Å². The fourth-order valence-corrected chi connectivity index (χ4v) is 1.75. The zero-order chi connectivity index (χ0) is 14.6. The molecule has 2 aromatic carbocycles. The quantitative estimate of drug-likeness (QED) is 0.668. The first-order valence-electron chi connectivity index (χ1n) is 6.45. The number of fused-ring (bicyclic) bond motifs is 1. The zero-order valence-electron chi connectivity index (χ0n) is 11.9. The average molecular weight is 270 g/mol. The lowest BCUT2D eigenvalue weighted by Crippen LogP contribution is -2.29. The molecule has 4 heteroatoms. The van der Waals surface area contributed by atoms with Gasteiger partial charge in [0.25, 0.3) is 0 Å². The highest BCUT2D eigenvalue weighted by atomic mass is 16.6. The van der Waals surface area contributed by atoms with Crippen LogP contribution in [0.4, 0.5) is 4.79 Å². The van der Waals surface area contributed by atoms with Gasteiger partial charge in [-0.15, -0.1) is 0 Å². The molecule has 0 heterocycles. The van der Waals surface area contributed by atoms with E-state index in [1.165, 1.54) is 5.39 Å². The van der Waals surface area contributed by atoms with Crippen LogP contribution in [0.3, 0.4) is 0 Å². The topological polar surface area (TPSA) is 50.7 Å². The Morgan fingerprint density at radius 2 is 1.85 bits per heavy atom. The standard InChI is InChI=1S/C16H18N2O2/c1-16(2,3)20-15(19)18-17-11-12-8-9-13-6-4-5-7-14(13)10-12/h4-11H,1-3H3,(H,18,19). The van der Waals surface area contributed by atoms with E-state index in [2.05, 4.69) is 16.6 Å². The van der Waals surface area contributed by atoms with Crippen molar-refractivity contribution >= 4 is 23.1 Å². The first-order chi connectivity index (χ1) is 9.44. The molecule has 0 aliphatic carbocycles. The molecule has 20 heavy (non-hydrogen) atoms. The van der Waals surface area contributed by atoms with E-state index in [1.807, 2.05) is 36.4 Å². The van der Waals surface area contributed by atoms with Crippen LogP contribution in [0, 0.1) is 0 Å². The second kappa shape index (κ2) is 5.74. The van der Waals surface area contributed by atoms with E-state index in [1.54, 1.807) is 27.0 Å². The van der Waals surface area contributed by atoms with Gasteiger partial charge >= 0.3 is 6.09 Å². The maximum atomic E-state index is 11.4. The molecule has 0 atom stereocenters. The van der Waals surface area contributed by atoms with Crippen LogP contribution >= 0.6 is 0 Å². The molecular weight excluding hydrogens is 252 g/mol. The summed E-state index contributed by atoms with van der Waals surface area (Å²) in [4.78, 5) is 11.4. The number of hydrogen-bond donors (Lipinski definition) is 1. The minimum atomic E-state index is -0.561. The molecule has 0 fully saturated rings. The van der Waals surface area contributed by atoms with E-state index in [-0.39, 0.29) is 0 Å². The van der Waals surface area contributed by atoms with E-state index < -0.39 is 11.7 Å². The number of carbonyl (C=O) groups is 1. The van der Waals surface area contributed by atoms with Crippen LogP contribution in [0.1, 0.15) is 26.3 Å².